The van der Waals surface area contributed by atoms with Gasteiger partial charge >= 0.3 is 0 Å². The summed E-state index contributed by atoms with van der Waals surface area (Å²) in [6.07, 6.45) is 5.04. The van der Waals surface area contributed by atoms with Gasteiger partial charge in [0.25, 0.3) is 5.91 Å². The van der Waals surface area contributed by atoms with E-state index in [4.69, 9.17) is 0 Å². The Balaban J connectivity index is 1.72. The van der Waals surface area contributed by atoms with Gasteiger partial charge in [0.15, 0.2) is 0 Å². The minimum atomic E-state index is -0.496. The quantitative estimate of drug-likeness (QED) is 0.847. The van der Waals surface area contributed by atoms with Crippen molar-refractivity contribution in [1.82, 2.24) is 4.90 Å². The van der Waals surface area contributed by atoms with Crippen LogP contribution in [0.3, 0.4) is 0 Å². The molecular formula is C14H19NO2S. The van der Waals surface area contributed by atoms with Crippen molar-refractivity contribution < 1.29 is 9.90 Å². The largest absolute Gasteiger partial charge is 0.389 e. The Morgan fingerprint density at radius 1 is 1.44 bits per heavy atom. The lowest BCUT2D eigenvalue weighted by molar-refractivity contribution is -0.0886. The third-order valence-electron chi connectivity index (χ3n) is 4.48. The fourth-order valence-corrected chi connectivity index (χ4v) is 3.95. The van der Waals surface area contributed by atoms with Gasteiger partial charge in [0.05, 0.1) is 11.2 Å². The minimum absolute atomic E-state index is 0.129. The molecule has 98 valence electrons. The molecule has 18 heavy (non-hydrogen) atoms. The van der Waals surface area contributed by atoms with Crippen LogP contribution in [-0.2, 0) is 0 Å². The van der Waals surface area contributed by atoms with E-state index in [1.165, 1.54) is 6.42 Å². The number of hydrogen-bond donors (Lipinski definition) is 1. The molecule has 1 N–H and O–H groups in total. The maximum atomic E-state index is 12.3. The molecule has 2 atom stereocenters. The molecule has 1 aromatic rings. The van der Waals surface area contributed by atoms with Crippen LogP contribution in [-0.4, -0.2) is 34.6 Å². The number of thiophene rings is 1. The Bertz CT molecular complexity index is 431. The molecule has 0 aromatic carbocycles. The van der Waals surface area contributed by atoms with E-state index in [0.717, 1.165) is 37.8 Å². The predicted molar refractivity (Wildman–Crippen MR) is 71.7 cm³/mol. The van der Waals surface area contributed by atoms with Gasteiger partial charge in [0, 0.05) is 24.4 Å². The number of aliphatic hydroxyl groups is 1. The van der Waals surface area contributed by atoms with Gasteiger partial charge in [-0.1, -0.05) is 12.8 Å². The highest BCUT2D eigenvalue weighted by atomic mass is 32.1. The first kappa shape index (κ1) is 12.2. The van der Waals surface area contributed by atoms with Crippen molar-refractivity contribution in [1.29, 1.82) is 0 Å². The van der Waals surface area contributed by atoms with E-state index < -0.39 is 5.60 Å². The summed E-state index contributed by atoms with van der Waals surface area (Å²) < 4.78 is 0. The van der Waals surface area contributed by atoms with Crippen LogP contribution in [0.25, 0.3) is 0 Å². The number of nitrogens with zero attached hydrogens (tertiary/aromatic N) is 1. The second-order valence-corrected chi connectivity index (χ2v) is 6.34. The second-order valence-electron chi connectivity index (χ2n) is 5.56. The molecule has 1 aliphatic carbocycles. The molecule has 1 saturated carbocycles. The summed E-state index contributed by atoms with van der Waals surface area (Å²) in [5.41, 5.74) is 0.296. The van der Waals surface area contributed by atoms with Crippen LogP contribution in [0.15, 0.2) is 16.8 Å². The molecule has 3 rings (SSSR count). The normalized spacial score (nSPS) is 32.1. The number of amides is 1. The Hall–Kier alpha value is -0.870. The van der Waals surface area contributed by atoms with Gasteiger partial charge in [-0.15, -0.1) is 0 Å². The van der Waals surface area contributed by atoms with Crippen molar-refractivity contribution in [3.63, 3.8) is 0 Å². The van der Waals surface area contributed by atoms with Crippen LogP contribution in [0.2, 0.25) is 0 Å². The van der Waals surface area contributed by atoms with E-state index in [2.05, 4.69) is 0 Å². The topological polar surface area (TPSA) is 40.5 Å². The van der Waals surface area contributed by atoms with Crippen LogP contribution >= 0.6 is 11.3 Å². The number of rotatable bonds is 1. The van der Waals surface area contributed by atoms with E-state index in [1.807, 2.05) is 21.7 Å². The number of likely N-dealkylation sites (tertiary alicyclic amines) is 1. The van der Waals surface area contributed by atoms with E-state index in [1.54, 1.807) is 11.3 Å². The Morgan fingerprint density at radius 3 is 3.11 bits per heavy atom. The minimum Gasteiger partial charge on any atom is -0.389 e. The van der Waals surface area contributed by atoms with Gasteiger partial charge < -0.3 is 10.0 Å². The van der Waals surface area contributed by atoms with Crippen molar-refractivity contribution in [2.24, 2.45) is 5.92 Å². The summed E-state index contributed by atoms with van der Waals surface area (Å²) in [4.78, 5) is 14.2. The molecule has 3 nitrogen and oxygen atoms in total. The summed E-state index contributed by atoms with van der Waals surface area (Å²) in [5, 5.41) is 14.4. The highest BCUT2D eigenvalue weighted by Gasteiger charge is 2.43. The zero-order chi connectivity index (χ0) is 12.6. The molecule has 1 amide bonds. The number of hydrogen-bond acceptors (Lipinski definition) is 3. The second kappa shape index (κ2) is 4.67. The lowest BCUT2D eigenvalue weighted by Crippen LogP contribution is -2.54. The highest BCUT2D eigenvalue weighted by molar-refractivity contribution is 7.08. The van der Waals surface area contributed by atoms with Crippen LogP contribution in [0.4, 0.5) is 0 Å². The monoisotopic (exact) mass is 265 g/mol. The van der Waals surface area contributed by atoms with Crippen molar-refractivity contribution in [3.05, 3.63) is 22.4 Å². The van der Waals surface area contributed by atoms with Crippen molar-refractivity contribution in [3.8, 4) is 0 Å². The first-order valence-corrected chi connectivity index (χ1v) is 7.67. The summed E-state index contributed by atoms with van der Waals surface area (Å²) in [6.45, 7) is 1.42. The average molecular weight is 265 g/mol. The zero-order valence-corrected chi connectivity index (χ0v) is 11.3. The van der Waals surface area contributed by atoms with E-state index in [9.17, 15) is 9.90 Å². The smallest absolute Gasteiger partial charge is 0.254 e. The predicted octanol–water partition coefficient (Wildman–Crippen LogP) is 2.52. The van der Waals surface area contributed by atoms with Crippen LogP contribution in [0, 0.1) is 5.92 Å². The van der Waals surface area contributed by atoms with Gasteiger partial charge in [-0.05, 0) is 30.7 Å². The fourth-order valence-electron chi connectivity index (χ4n) is 3.32. The van der Waals surface area contributed by atoms with Gasteiger partial charge in [0.1, 0.15) is 0 Å². The number of carbonyl (C=O) groups is 1. The molecular weight excluding hydrogens is 246 g/mol. The molecule has 0 bridgehead atoms. The number of piperidine rings is 1. The van der Waals surface area contributed by atoms with E-state index in [0.29, 0.717) is 6.54 Å². The molecule has 0 radical (unpaired) electrons. The van der Waals surface area contributed by atoms with Gasteiger partial charge in [-0.3, -0.25) is 4.79 Å². The lowest BCUT2D eigenvalue weighted by Gasteiger charge is -2.47. The van der Waals surface area contributed by atoms with Crippen LogP contribution in [0.5, 0.6) is 0 Å². The SMILES string of the molecule is O=C(c1ccsc1)N1CCC2(O)CCCCC2C1. The van der Waals surface area contributed by atoms with Crippen molar-refractivity contribution in [2.45, 2.75) is 37.7 Å². The van der Waals surface area contributed by atoms with E-state index in [-0.39, 0.29) is 11.8 Å². The third-order valence-corrected chi connectivity index (χ3v) is 5.17. The Kier molecular flexibility index (Phi) is 3.16. The zero-order valence-electron chi connectivity index (χ0n) is 10.5. The molecule has 1 aliphatic heterocycles. The molecule has 2 heterocycles. The van der Waals surface area contributed by atoms with Crippen LogP contribution < -0.4 is 0 Å². The average Bonchev–Trinajstić information content (AvgIpc) is 2.90. The standard InChI is InChI=1S/C14H19NO2S/c16-13(11-4-8-18-10-11)15-7-6-14(17)5-2-1-3-12(14)9-15/h4,8,10,12,17H,1-3,5-7,9H2. The third kappa shape index (κ3) is 2.08. The fraction of sp³-hybridized carbons (Fsp3) is 0.643. The van der Waals surface area contributed by atoms with Gasteiger partial charge in [-0.25, -0.2) is 0 Å². The number of carbonyl (C=O) groups excluding carboxylic acids is 1. The molecule has 1 aromatic heterocycles. The molecule has 1 saturated heterocycles. The summed E-state index contributed by atoms with van der Waals surface area (Å²) in [7, 11) is 0. The maximum Gasteiger partial charge on any atom is 0.254 e. The van der Waals surface area contributed by atoms with E-state index >= 15 is 0 Å². The molecule has 2 fully saturated rings. The van der Waals surface area contributed by atoms with Gasteiger partial charge in [-0.2, -0.15) is 11.3 Å². The lowest BCUT2D eigenvalue weighted by atomic mass is 9.71. The Labute approximate surface area is 111 Å². The Morgan fingerprint density at radius 2 is 2.33 bits per heavy atom. The molecule has 4 heteroatoms. The maximum absolute atomic E-state index is 12.3. The molecule has 0 spiro atoms. The first-order valence-electron chi connectivity index (χ1n) is 6.73. The highest BCUT2D eigenvalue weighted by Crippen LogP contribution is 2.40. The first-order chi connectivity index (χ1) is 8.69. The summed E-state index contributed by atoms with van der Waals surface area (Å²) in [5.74, 6) is 0.409. The van der Waals surface area contributed by atoms with Crippen molar-refractivity contribution >= 4 is 17.2 Å². The number of fused-ring (bicyclic) bond motifs is 1. The summed E-state index contributed by atoms with van der Waals surface area (Å²) >= 11 is 1.56. The molecule has 2 aliphatic rings. The molecule has 2 unspecified atom stereocenters. The van der Waals surface area contributed by atoms with Crippen molar-refractivity contribution in [2.75, 3.05) is 13.1 Å². The van der Waals surface area contributed by atoms with Gasteiger partial charge in [0.2, 0.25) is 0 Å². The van der Waals surface area contributed by atoms with Crippen LogP contribution in [0.1, 0.15) is 42.5 Å². The summed E-state index contributed by atoms with van der Waals surface area (Å²) in [6, 6.07) is 1.88.